The van der Waals surface area contributed by atoms with Crippen molar-refractivity contribution in [3.63, 3.8) is 0 Å². The van der Waals surface area contributed by atoms with Crippen LogP contribution >= 0.6 is 11.6 Å². The SMILES string of the molecule is O=C(O)c1ccc(C(=O)N2CCc3ccc(Cl)cc32)cn1. The van der Waals surface area contributed by atoms with Crippen LogP contribution in [0.25, 0.3) is 0 Å². The van der Waals surface area contributed by atoms with Gasteiger partial charge in [-0.15, -0.1) is 0 Å². The van der Waals surface area contributed by atoms with E-state index in [4.69, 9.17) is 16.7 Å². The van der Waals surface area contributed by atoms with Crippen molar-refractivity contribution in [1.82, 2.24) is 4.98 Å². The molecule has 106 valence electrons. The first-order chi connectivity index (χ1) is 10.1. The fraction of sp³-hybridized carbons (Fsp3) is 0.133. The van der Waals surface area contributed by atoms with Crippen LogP contribution in [-0.4, -0.2) is 28.5 Å². The number of benzene rings is 1. The fourth-order valence-electron chi connectivity index (χ4n) is 2.37. The maximum absolute atomic E-state index is 12.5. The number of aromatic carboxylic acids is 1. The standard InChI is InChI=1S/C15H11ClN2O3/c16-11-3-1-9-5-6-18(13(9)7-11)14(19)10-2-4-12(15(20)21)17-8-10/h1-4,7-8H,5-6H2,(H,20,21). The minimum atomic E-state index is -1.12. The highest BCUT2D eigenvalue weighted by molar-refractivity contribution is 6.31. The molecule has 2 heterocycles. The molecule has 1 N–H and O–H groups in total. The number of hydrogen-bond acceptors (Lipinski definition) is 3. The number of fused-ring (bicyclic) bond motifs is 1. The molecule has 1 aliphatic heterocycles. The van der Waals surface area contributed by atoms with Gasteiger partial charge in [-0.3, -0.25) is 4.79 Å². The molecule has 1 amide bonds. The molecule has 21 heavy (non-hydrogen) atoms. The number of carbonyl (C=O) groups is 2. The Bertz CT molecular complexity index is 728. The number of carbonyl (C=O) groups excluding carboxylic acids is 1. The predicted molar refractivity (Wildman–Crippen MR) is 78.0 cm³/mol. The van der Waals surface area contributed by atoms with Crippen LogP contribution in [0.15, 0.2) is 36.5 Å². The van der Waals surface area contributed by atoms with Crippen LogP contribution < -0.4 is 4.90 Å². The Morgan fingerprint density at radius 2 is 2.05 bits per heavy atom. The molecular formula is C15H11ClN2O3. The van der Waals surface area contributed by atoms with Crippen molar-refractivity contribution in [1.29, 1.82) is 0 Å². The van der Waals surface area contributed by atoms with E-state index in [-0.39, 0.29) is 11.6 Å². The molecule has 1 aromatic carbocycles. The Balaban J connectivity index is 1.90. The molecule has 0 saturated carbocycles. The molecule has 0 spiro atoms. The van der Waals surface area contributed by atoms with E-state index in [1.165, 1.54) is 18.3 Å². The van der Waals surface area contributed by atoms with Crippen molar-refractivity contribution in [2.24, 2.45) is 0 Å². The highest BCUT2D eigenvalue weighted by Gasteiger charge is 2.26. The van der Waals surface area contributed by atoms with Gasteiger partial charge in [0.25, 0.3) is 5.91 Å². The first kappa shape index (κ1) is 13.6. The highest BCUT2D eigenvalue weighted by atomic mass is 35.5. The second-order valence-electron chi connectivity index (χ2n) is 4.72. The molecule has 0 saturated heterocycles. The smallest absolute Gasteiger partial charge is 0.354 e. The number of carboxylic acids is 1. The van der Waals surface area contributed by atoms with Gasteiger partial charge in [0.1, 0.15) is 5.69 Å². The number of hydrogen-bond donors (Lipinski definition) is 1. The summed E-state index contributed by atoms with van der Waals surface area (Å²) < 4.78 is 0. The number of pyridine rings is 1. The molecule has 0 atom stereocenters. The number of carboxylic acid groups (broad SMARTS) is 1. The van der Waals surface area contributed by atoms with Gasteiger partial charge in [-0.05, 0) is 36.2 Å². The molecule has 2 aromatic rings. The lowest BCUT2D eigenvalue weighted by Gasteiger charge is -2.17. The van der Waals surface area contributed by atoms with E-state index < -0.39 is 5.97 Å². The summed E-state index contributed by atoms with van der Waals surface area (Å²) in [4.78, 5) is 28.7. The van der Waals surface area contributed by atoms with Gasteiger partial charge in [-0.2, -0.15) is 0 Å². The first-order valence-electron chi connectivity index (χ1n) is 6.36. The van der Waals surface area contributed by atoms with Gasteiger partial charge in [-0.1, -0.05) is 17.7 Å². The van der Waals surface area contributed by atoms with Crippen LogP contribution in [0.2, 0.25) is 5.02 Å². The Morgan fingerprint density at radius 1 is 1.24 bits per heavy atom. The zero-order valence-electron chi connectivity index (χ0n) is 10.9. The second kappa shape index (κ2) is 5.18. The third-order valence-electron chi connectivity index (χ3n) is 3.42. The fourth-order valence-corrected chi connectivity index (χ4v) is 2.53. The van der Waals surface area contributed by atoms with E-state index in [1.807, 2.05) is 6.07 Å². The molecule has 0 aliphatic carbocycles. The van der Waals surface area contributed by atoms with Crippen LogP contribution in [-0.2, 0) is 6.42 Å². The molecule has 0 fully saturated rings. The number of aromatic nitrogens is 1. The lowest BCUT2D eigenvalue weighted by atomic mass is 10.1. The molecule has 0 unspecified atom stereocenters. The van der Waals surface area contributed by atoms with Gasteiger partial charge >= 0.3 is 5.97 Å². The van der Waals surface area contributed by atoms with Crippen molar-refractivity contribution in [3.05, 3.63) is 58.4 Å². The summed E-state index contributed by atoms with van der Waals surface area (Å²) in [6, 6.07) is 8.28. The summed E-state index contributed by atoms with van der Waals surface area (Å²) in [6.07, 6.45) is 2.06. The largest absolute Gasteiger partial charge is 0.477 e. The van der Waals surface area contributed by atoms with Crippen LogP contribution in [0.4, 0.5) is 5.69 Å². The Morgan fingerprint density at radius 3 is 2.71 bits per heavy atom. The van der Waals surface area contributed by atoms with Crippen LogP contribution in [0.1, 0.15) is 26.4 Å². The van der Waals surface area contributed by atoms with E-state index >= 15 is 0 Å². The predicted octanol–water partition coefficient (Wildman–Crippen LogP) is 2.64. The van der Waals surface area contributed by atoms with Crippen LogP contribution in [0.5, 0.6) is 0 Å². The summed E-state index contributed by atoms with van der Waals surface area (Å²) in [6.45, 7) is 0.579. The van der Waals surface area contributed by atoms with Gasteiger partial charge in [0, 0.05) is 23.5 Å². The maximum atomic E-state index is 12.5. The molecule has 3 rings (SSSR count). The second-order valence-corrected chi connectivity index (χ2v) is 5.15. The number of nitrogens with zero attached hydrogens (tertiary/aromatic N) is 2. The zero-order valence-corrected chi connectivity index (χ0v) is 11.7. The summed E-state index contributed by atoms with van der Waals surface area (Å²) >= 11 is 5.98. The summed E-state index contributed by atoms with van der Waals surface area (Å²) in [5.41, 5.74) is 2.14. The van der Waals surface area contributed by atoms with Crippen molar-refractivity contribution in [2.45, 2.75) is 6.42 Å². The van der Waals surface area contributed by atoms with Crippen LogP contribution in [0, 0.1) is 0 Å². The molecule has 1 aromatic heterocycles. The van der Waals surface area contributed by atoms with Gasteiger partial charge < -0.3 is 10.0 Å². The maximum Gasteiger partial charge on any atom is 0.354 e. The van der Waals surface area contributed by atoms with E-state index in [9.17, 15) is 9.59 Å². The average Bonchev–Trinajstić information content (AvgIpc) is 2.89. The quantitative estimate of drug-likeness (QED) is 0.926. The van der Waals surface area contributed by atoms with Crippen molar-refractivity contribution >= 4 is 29.2 Å². The minimum absolute atomic E-state index is 0.0867. The highest BCUT2D eigenvalue weighted by Crippen LogP contribution is 2.31. The van der Waals surface area contributed by atoms with Crippen LogP contribution in [0.3, 0.4) is 0 Å². The molecule has 6 heteroatoms. The zero-order chi connectivity index (χ0) is 15.0. The molecular weight excluding hydrogens is 292 g/mol. The molecule has 5 nitrogen and oxygen atoms in total. The Labute approximate surface area is 125 Å². The van der Waals surface area contributed by atoms with Crippen molar-refractivity contribution in [2.75, 3.05) is 11.4 Å². The third kappa shape index (κ3) is 2.48. The molecule has 0 radical (unpaired) electrons. The van der Waals surface area contributed by atoms with E-state index in [1.54, 1.807) is 17.0 Å². The van der Waals surface area contributed by atoms with Crippen molar-refractivity contribution in [3.8, 4) is 0 Å². The first-order valence-corrected chi connectivity index (χ1v) is 6.73. The number of anilines is 1. The van der Waals surface area contributed by atoms with Gasteiger partial charge in [-0.25, -0.2) is 9.78 Å². The number of halogens is 1. The van der Waals surface area contributed by atoms with Crippen molar-refractivity contribution < 1.29 is 14.7 Å². The summed E-state index contributed by atoms with van der Waals surface area (Å²) in [5, 5.41) is 9.39. The van der Waals surface area contributed by atoms with Gasteiger partial charge in [0.15, 0.2) is 0 Å². The summed E-state index contributed by atoms with van der Waals surface area (Å²) in [7, 11) is 0. The normalized spacial score (nSPS) is 13.1. The average molecular weight is 303 g/mol. The molecule has 1 aliphatic rings. The third-order valence-corrected chi connectivity index (χ3v) is 3.65. The Kier molecular flexibility index (Phi) is 3.35. The minimum Gasteiger partial charge on any atom is -0.477 e. The van der Waals surface area contributed by atoms with Gasteiger partial charge in [0.2, 0.25) is 0 Å². The van der Waals surface area contributed by atoms with E-state index in [0.29, 0.717) is 17.1 Å². The molecule has 0 bridgehead atoms. The Hall–Kier alpha value is -2.40. The summed E-state index contributed by atoms with van der Waals surface area (Å²) in [5.74, 6) is -1.33. The van der Waals surface area contributed by atoms with E-state index in [2.05, 4.69) is 4.98 Å². The number of rotatable bonds is 2. The van der Waals surface area contributed by atoms with E-state index in [0.717, 1.165) is 17.7 Å². The lowest BCUT2D eigenvalue weighted by Crippen LogP contribution is -2.29. The monoisotopic (exact) mass is 302 g/mol. The lowest BCUT2D eigenvalue weighted by molar-refractivity contribution is 0.0690. The topological polar surface area (TPSA) is 70.5 Å². The van der Waals surface area contributed by atoms with Gasteiger partial charge in [0.05, 0.1) is 5.56 Å². The number of amides is 1.